The predicted molar refractivity (Wildman–Crippen MR) is 113 cm³/mol. The number of hydrogen-bond acceptors (Lipinski definition) is 3. The molecule has 0 saturated carbocycles. The summed E-state index contributed by atoms with van der Waals surface area (Å²) >= 11 is 0. The Balaban J connectivity index is 1.52. The summed E-state index contributed by atoms with van der Waals surface area (Å²) in [5, 5.41) is 0. The van der Waals surface area contributed by atoms with E-state index >= 15 is 0 Å². The highest BCUT2D eigenvalue weighted by atomic mass is 32.2. The number of carbonyl (C=O) groups is 1. The second kappa shape index (κ2) is 8.56. The highest BCUT2D eigenvalue weighted by Gasteiger charge is 2.32. The van der Waals surface area contributed by atoms with E-state index in [4.69, 9.17) is 0 Å². The number of hydrogen-bond donors (Lipinski definition) is 0. The van der Waals surface area contributed by atoms with E-state index in [1.54, 1.807) is 17.0 Å². The fraction of sp³-hybridized carbons (Fsp3) is 0.174. The molecule has 4 rings (SSSR count). The molecule has 1 aliphatic heterocycles. The van der Waals surface area contributed by atoms with Crippen LogP contribution >= 0.6 is 0 Å². The normalized spacial score (nSPS) is 15.1. The zero-order chi connectivity index (χ0) is 22.0. The fourth-order valence-electron chi connectivity index (χ4n) is 3.66. The van der Waals surface area contributed by atoms with Crippen molar-refractivity contribution in [1.29, 1.82) is 0 Å². The van der Waals surface area contributed by atoms with Gasteiger partial charge in [-0.05, 0) is 29.3 Å². The smallest absolute Gasteiger partial charge is 0.254 e. The highest BCUT2D eigenvalue weighted by molar-refractivity contribution is 7.89. The van der Waals surface area contributed by atoms with Crippen LogP contribution in [0.4, 0.5) is 8.78 Å². The van der Waals surface area contributed by atoms with Crippen LogP contribution in [0.5, 0.6) is 0 Å². The van der Waals surface area contributed by atoms with Gasteiger partial charge in [0.05, 0.1) is 0 Å². The van der Waals surface area contributed by atoms with Crippen molar-refractivity contribution in [3.63, 3.8) is 0 Å². The molecule has 0 atom stereocenters. The summed E-state index contributed by atoms with van der Waals surface area (Å²) in [6.45, 7) is 0.394. The molecule has 0 aromatic heterocycles. The molecule has 160 valence electrons. The summed E-state index contributed by atoms with van der Waals surface area (Å²) in [7, 11) is -4.12. The summed E-state index contributed by atoms with van der Waals surface area (Å²) in [5.41, 5.74) is 2.26. The van der Waals surface area contributed by atoms with Crippen molar-refractivity contribution in [3.8, 4) is 11.1 Å². The second-order valence-corrected chi connectivity index (χ2v) is 9.09. The number of amides is 1. The van der Waals surface area contributed by atoms with Crippen LogP contribution in [-0.4, -0.2) is 49.7 Å². The van der Waals surface area contributed by atoms with Gasteiger partial charge in [-0.25, -0.2) is 17.2 Å². The Morgan fingerprint density at radius 2 is 1.45 bits per heavy atom. The van der Waals surface area contributed by atoms with Crippen LogP contribution in [0.3, 0.4) is 0 Å². The lowest BCUT2D eigenvalue weighted by molar-refractivity contribution is 0.0698. The Kier molecular flexibility index (Phi) is 5.84. The first-order valence-corrected chi connectivity index (χ1v) is 11.2. The van der Waals surface area contributed by atoms with Gasteiger partial charge in [-0.2, -0.15) is 4.31 Å². The molecule has 3 aromatic carbocycles. The standard InChI is InChI=1S/C23H20F2N2O3S/c24-18-10-11-22(21(25)16-18)31(29,30)27-14-12-26(13-15-27)23(28)20-9-5-4-8-19(20)17-6-2-1-3-7-17/h1-11,16H,12-15H2. The Morgan fingerprint density at radius 3 is 2.13 bits per heavy atom. The average molecular weight is 442 g/mol. The molecule has 1 amide bonds. The van der Waals surface area contributed by atoms with Gasteiger partial charge in [0, 0.05) is 37.8 Å². The van der Waals surface area contributed by atoms with Crippen LogP contribution in [0.2, 0.25) is 0 Å². The average Bonchev–Trinajstić information content (AvgIpc) is 2.79. The first-order chi connectivity index (χ1) is 14.9. The van der Waals surface area contributed by atoms with Gasteiger partial charge < -0.3 is 4.90 Å². The molecule has 1 aliphatic rings. The summed E-state index contributed by atoms with van der Waals surface area (Å²) in [6, 6.07) is 19.2. The minimum absolute atomic E-state index is 0.0262. The summed E-state index contributed by atoms with van der Waals surface area (Å²) in [4.78, 5) is 14.2. The first kappa shape index (κ1) is 21.1. The maximum atomic E-state index is 14.0. The molecular formula is C23H20F2N2O3S. The zero-order valence-electron chi connectivity index (χ0n) is 16.5. The molecule has 0 aliphatic carbocycles. The predicted octanol–water partition coefficient (Wildman–Crippen LogP) is 3.78. The Hall–Kier alpha value is -3.10. The van der Waals surface area contributed by atoms with Crippen molar-refractivity contribution in [2.75, 3.05) is 26.2 Å². The van der Waals surface area contributed by atoms with Crippen LogP contribution in [-0.2, 0) is 10.0 Å². The molecule has 0 spiro atoms. The number of sulfonamides is 1. The van der Waals surface area contributed by atoms with Gasteiger partial charge >= 0.3 is 0 Å². The largest absolute Gasteiger partial charge is 0.336 e. The molecule has 0 unspecified atom stereocenters. The molecule has 0 bridgehead atoms. The van der Waals surface area contributed by atoms with Crippen LogP contribution in [0.15, 0.2) is 77.7 Å². The van der Waals surface area contributed by atoms with Gasteiger partial charge in [0.25, 0.3) is 5.91 Å². The van der Waals surface area contributed by atoms with Gasteiger partial charge in [-0.15, -0.1) is 0 Å². The number of halogens is 2. The molecular weight excluding hydrogens is 422 g/mol. The van der Waals surface area contributed by atoms with Crippen LogP contribution in [0.1, 0.15) is 10.4 Å². The van der Waals surface area contributed by atoms with Crippen molar-refractivity contribution in [1.82, 2.24) is 9.21 Å². The maximum absolute atomic E-state index is 14.0. The molecule has 1 heterocycles. The lowest BCUT2D eigenvalue weighted by Crippen LogP contribution is -2.50. The molecule has 1 fully saturated rings. The summed E-state index contributed by atoms with van der Waals surface area (Å²) in [5.74, 6) is -2.16. The van der Waals surface area contributed by atoms with E-state index in [2.05, 4.69) is 0 Å². The lowest BCUT2D eigenvalue weighted by Gasteiger charge is -2.34. The Bertz CT molecular complexity index is 1210. The van der Waals surface area contributed by atoms with Gasteiger partial charge in [-0.1, -0.05) is 48.5 Å². The highest BCUT2D eigenvalue weighted by Crippen LogP contribution is 2.26. The molecule has 8 heteroatoms. The van der Waals surface area contributed by atoms with Crippen LogP contribution in [0, 0.1) is 11.6 Å². The molecule has 31 heavy (non-hydrogen) atoms. The van der Waals surface area contributed by atoms with Crippen molar-refractivity contribution in [3.05, 3.63) is 90.0 Å². The second-order valence-electron chi connectivity index (χ2n) is 7.18. The van der Waals surface area contributed by atoms with Crippen LogP contribution < -0.4 is 0 Å². The number of nitrogens with zero attached hydrogens (tertiary/aromatic N) is 2. The molecule has 0 radical (unpaired) electrons. The van der Waals surface area contributed by atoms with E-state index in [9.17, 15) is 22.0 Å². The minimum Gasteiger partial charge on any atom is -0.336 e. The van der Waals surface area contributed by atoms with Crippen molar-refractivity contribution in [2.45, 2.75) is 4.90 Å². The van der Waals surface area contributed by atoms with E-state index in [-0.39, 0.29) is 32.1 Å². The lowest BCUT2D eigenvalue weighted by atomic mass is 9.99. The quantitative estimate of drug-likeness (QED) is 0.618. The third-order valence-electron chi connectivity index (χ3n) is 5.28. The van der Waals surface area contributed by atoms with E-state index in [0.29, 0.717) is 11.6 Å². The molecule has 5 nitrogen and oxygen atoms in total. The number of piperazine rings is 1. The summed E-state index contributed by atoms with van der Waals surface area (Å²) < 4.78 is 53.8. The Morgan fingerprint density at radius 1 is 0.806 bits per heavy atom. The van der Waals surface area contributed by atoms with Gasteiger partial charge in [0.15, 0.2) is 0 Å². The number of carbonyl (C=O) groups excluding carboxylic acids is 1. The van der Waals surface area contributed by atoms with Crippen molar-refractivity contribution >= 4 is 15.9 Å². The topological polar surface area (TPSA) is 57.7 Å². The van der Waals surface area contributed by atoms with E-state index < -0.39 is 26.6 Å². The van der Waals surface area contributed by atoms with Gasteiger partial charge in [-0.3, -0.25) is 4.79 Å². The van der Waals surface area contributed by atoms with E-state index in [1.807, 2.05) is 42.5 Å². The van der Waals surface area contributed by atoms with E-state index in [1.165, 1.54) is 0 Å². The fourth-order valence-corrected chi connectivity index (χ4v) is 5.13. The molecule has 3 aromatic rings. The zero-order valence-corrected chi connectivity index (χ0v) is 17.4. The molecule has 1 saturated heterocycles. The van der Waals surface area contributed by atoms with Gasteiger partial charge in [0.1, 0.15) is 16.5 Å². The first-order valence-electron chi connectivity index (χ1n) is 9.77. The third-order valence-corrected chi connectivity index (χ3v) is 7.21. The van der Waals surface area contributed by atoms with Crippen molar-refractivity contribution < 1.29 is 22.0 Å². The van der Waals surface area contributed by atoms with E-state index in [0.717, 1.165) is 27.6 Å². The monoisotopic (exact) mass is 442 g/mol. The SMILES string of the molecule is O=C(c1ccccc1-c1ccccc1)N1CCN(S(=O)(=O)c2ccc(F)cc2F)CC1. The van der Waals surface area contributed by atoms with Gasteiger partial charge in [0.2, 0.25) is 10.0 Å². The third kappa shape index (κ3) is 4.22. The van der Waals surface area contributed by atoms with Crippen LogP contribution in [0.25, 0.3) is 11.1 Å². The number of benzene rings is 3. The minimum atomic E-state index is -4.12. The number of rotatable bonds is 4. The Labute approximate surface area is 179 Å². The van der Waals surface area contributed by atoms with Crippen molar-refractivity contribution in [2.24, 2.45) is 0 Å². The molecule has 0 N–H and O–H groups in total. The maximum Gasteiger partial charge on any atom is 0.254 e. The summed E-state index contributed by atoms with van der Waals surface area (Å²) in [6.07, 6.45) is 0.